The zero-order chi connectivity index (χ0) is 23.3. The van der Waals surface area contributed by atoms with Crippen molar-refractivity contribution in [3.05, 3.63) is 96.1 Å². The molecule has 0 spiro atoms. The number of carbonyl (C=O) groups excluding carboxylic acids is 2. The molecular formula is C25H25N3O4S. The molecule has 2 N–H and O–H groups in total. The van der Waals surface area contributed by atoms with Crippen molar-refractivity contribution in [3.8, 4) is 0 Å². The van der Waals surface area contributed by atoms with Gasteiger partial charge in [0.2, 0.25) is 15.9 Å². The Hall–Kier alpha value is -3.49. The fraction of sp³-hybridized carbons (Fsp3) is 0.200. The minimum atomic E-state index is -3.93. The molecule has 3 aromatic rings. The van der Waals surface area contributed by atoms with E-state index in [4.69, 9.17) is 0 Å². The van der Waals surface area contributed by atoms with Gasteiger partial charge in [-0.3, -0.25) is 9.59 Å². The molecule has 0 unspecified atom stereocenters. The number of anilines is 1. The van der Waals surface area contributed by atoms with Gasteiger partial charge < -0.3 is 10.6 Å². The summed E-state index contributed by atoms with van der Waals surface area (Å²) in [6.07, 6.45) is 1.90. The van der Waals surface area contributed by atoms with Gasteiger partial charge in [0.05, 0.1) is 22.7 Å². The van der Waals surface area contributed by atoms with Crippen LogP contribution in [0.25, 0.3) is 0 Å². The monoisotopic (exact) mass is 463 g/mol. The largest absolute Gasteiger partial charge is 0.349 e. The molecule has 3 aromatic carbocycles. The van der Waals surface area contributed by atoms with E-state index in [0.29, 0.717) is 11.3 Å². The molecule has 33 heavy (non-hydrogen) atoms. The van der Waals surface area contributed by atoms with Crippen LogP contribution < -0.4 is 10.6 Å². The number of para-hydroxylation sites is 1. The van der Waals surface area contributed by atoms with Gasteiger partial charge in [-0.15, -0.1) is 0 Å². The lowest BCUT2D eigenvalue weighted by atomic mass is 10.1. The first-order valence-corrected chi connectivity index (χ1v) is 12.2. The summed E-state index contributed by atoms with van der Waals surface area (Å²) in [7, 11) is -3.93. The lowest BCUT2D eigenvalue weighted by Gasteiger charge is -2.22. The maximum atomic E-state index is 13.3. The third kappa shape index (κ3) is 5.85. The van der Waals surface area contributed by atoms with Gasteiger partial charge in [0.15, 0.2) is 0 Å². The maximum Gasteiger partial charge on any atom is 0.253 e. The van der Waals surface area contributed by atoms with Crippen LogP contribution in [0.15, 0.2) is 89.8 Å². The average Bonchev–Trinajstić information content (AvgIpc) is 3.64. The number of nitrogens with zero attached hydrogens (tertiary/aromatic N) is 1. The zero-order valence-corrected chi connectivity index (χ0v) is 18.8. The topological polar surface area (TPSA) is 95.6 Å². The van der Waals surface area contributed by atoms with Gasteiger partial charge in [-0.2, -0.15) is 4.31 Å². The van der Waals surface area contributed by atoms with E-state index in [1.54, 1.807) is 42.5 Å². The lowest BCUT2D eigenvalue weighted by Crippen LogP contribution is -2.38. The molecule has 8 heteroatoms. The molecule has 7 nitrogen and oxygen atoms in total. The first-order valence-electron chi connectivity index (χ1n) is 10.7. The van der Waals surface area contributed by atoms with Crippen LogP contribution >= 0.6 is 0 Å². The molecule has 0 heterocycles. The van der Waals surface area contributed by atoms with Gasteiger partial charge in [0, 0.05) is 12.6 Å². The van der Waals surface area contributed by atoms with Crippen LogP contribution in [-0.4, -0.2) is 37.1 Å². The Morgan fingerprint density at radius 1 is 0.848 bits per heavy atom. The summed E-state index contributed by atoms with van der Waals surface area (Å²) in [4.78, 5) is 25.6. The minimum Gasteiger partial charge on any atom is -0.349 e. The molecule has 1 saturated carbocycles. The lowest BCUT2D eigenvalue weighted by molar-refractivity contribution is -0.116. The SMILES string of the molecule is O=C(CN(Cc1ccccc1)S(=O)(=O)c1ccccc1)Nc1ccccc1C(=O)NC1CC1. The number of sulfonamides is 1. The Balaban J connectivity index is 1.55. The molecule has 1 fully saturated rings. The van der Waals surface area contributed by atoms with Crippen LogP contribution in [-0.2, 0) is 21.4 Å². The Kier molecular flexibility index (Phi) is 6.86. The minimum absolute atomic E-state index is 0.0370. The van der Waals surface area contributed by atoms with Crippen LogP contribution in [0.4, 0.5) is 5.69 Å². The summed E-state index contributed by atoms with van der Waals surface area (Å²) in [6.45, 7) is -0.361. The summed E-state index contributed by atoms with van der Waals surface area (Å²) in [6, 6.07) is 24.0. The van der Waals surface area contributed by atoms with E-state index in [1.165, 1.54) is 12.1 Å². The van der Waals surface area contributed by atoms with Crippen molar-refractivity contribution in [2.75, 3.05) is 11.9 Å². The van der Waals surface area contributed by atoms with Gasteiger partial charge in [-0.05, 0) is 42.7 Å². The summed E-state index contributed by atoms with van der Waals surface area (Å²) < 4.78 is 27.8. The van der Waals surface area contributed by atoms with E-state index in [9.17, 15) is 18.0 Å². The second-order valence-electron chi connectivity index (χ2n) is 7.91. The predicted molar refractivity (Wildman–Crippen MR) is 126 cm³/mol. The van der Waals surface area contributed by atoms with Crippen molar-refractivity contribution < 1.29 is 18.0 Å². The zero-order valence-electron chi connectivity index (χ0n) is 18.0. The van der Waals surface area contributed by atoms with E-state index in [2.05, 4.69) is 10.6 Å². The third-order valence-electron chi connectivity index (χ3n) is 5.26. The number of nitrogens with one attached hydrogen (secondary N) is 2. The van der Waals surface area contributed by atoms with Crippen LogP contribution in [0, 0.1) is 0 Å². The van der Waals surface area contributed by atoms with E-state index < -0.39 is 22.5 Å². The second-order valence-corrected chi connectivity index (χ2v) is 9.85. The standard InChI is InChI=1S/C25H25N3O4S/c29-24(27-23-14-8-7-13-22(23)25(30)26-20-15-16-20)18-28(17-19-9-3-1-4-10-19)33(31,32)21-11-5-2-6-12-21/h1-14,20H,15-18H2,(H,26,30)(H,27,29). The second kappa shape index (κ2) is 9.97. The molecule has 0 atom stereocenters. The number of amides is 2. The Morgan fingerprint density at radius 3 is 2.12 bits per heavy atom. The summed E-state index contributed by atoms with van der Waals surface area (Å²) in [5.74, 6) is -0.788. The smallest absolute Gasteiger partial charge is 0.253 e. The quantitative estimate of drug-likeness (QED) is 0.508. The molecule has 2 amide bonds. The van der Waals surface area contributed by atoms with Gasteiger partial charge >= 0.3 is 0 Å². The van der Waals surface area contributed by atoms with Crippen LogP contribution in [0.1, 0.15) is 28.8 Å². The van der Waals surface area contributed by atoms with E-state index in [1.807, 2.05) is 30.3 Å². The van der Waals surface area contributed by atoms with Gasteiger partial charge in [-0.1, -0.05) is 60.7 Å². The van der Waals surface area contributed by atoms with E-state index >= 15 is 0 Å². The molecule has 0 bridgehead atoms. The first-order chi connectivity index (χ1) is 15.9. The van der Waals surface area contributed by atoms with Crippen molar-refractivity contribution in [2.45, 2.75) is 30.3 Å². The van der Waals surface area contributed by atoms with Crippen molar-refractivity contribution in [3.63, 3.8) is 0 Å². The fourth-order valence-corrected chi connectivity index (χ4v) is 4.79. The number of carbonyl (C=O) groups is 2. The molecule has 4 rings (SSSR count). The van der Waals surface area contributed by atoms with Gasteiger partial charge in [0.1, 0.15) is 0 Å². The normalized spacial score (nSPS) is 13.5. The molecular weight excluding hydrogens is 438 g/mol. The molecule has 170 valence electrons. The summed E-state index contributed by atoms with van der Waals surface area (Å²) in [5.41, 5.74) is 1.45. The highest BCUT2D eigenvalue weighted by Gasteiger charge is 2.28. The number of rotatable bonds is 9. The maximum absolute atomic E-state index is 13.3. The highest BCUT2D eigenvalue weighted by atomic mass is 32.2. The number of hydrogen-bond acceptors (Lipinski definition) is 4. The highest BCUT2D eigenvalue weighted by molar-refractivity contribution is 7.89. The van der Waals surface area contributed by atoms with Crippen LogP contribution in [0.3, 0.4) is 0 Å². The molecule has 1 aliphatic carbocycles. The Labute approximate surface area is 193 Å². The van der Waals surface area contributed by atoms with E-state index in [0.717, 1.165) is 22.7 Å². The van der Waals surface area contributed by atoms with Crippen molar-refractivity contribution in [1.82, 2.24) is 9.62 Å². The fourth-order valence-electron chi connectivity index (χ4n) is 3.39. The van der Waals surface area contributed by atoms with Gasteiger partial charge in [0.25, 0.3) is 5.91 Å². The Morgan fingerprint density at radius 2 is 1.45 bits per heavy atom. The summed E-state index contributed by atoms with van der Waals surface area (Å²) in [5, 5.41) is 5.63. The highest BCUT2D eigenvalue weighted by Crippen LogP contribution is 2.22. The molecule has 0 aromatic heterocycles. The average molecular weight is 464 g/mol. The van der Waals surface area contributed by atoms with Crippen molar-refractivity contribution in [2.24, 2.45) is 0 Å². The van der Waals surface area contributed by atoms with E-state index in [-0.39, 0.29) is 23.4 Å². The third-order valence-corrected chi connectivity index (χ3v) is 7.07. The van der Waals surface area contributed by atoms with Crippen molar-refractivity contribution in [1.29, 1.82) is 0 Å². The summed E-state index contributed by atoms with van der Waals surface area (Å²) >= 11 is 0. The first kappa shape index (κ1) is 22.7. The molecule has 1 aliphatic rings. The molecule has 0 aliphatic heterocycles. The van der Waals surface area contributed by atoms with Crippen LogP contribution in [0.5, 0.6) is 0 Å². The Bertz CT molecular complexity index is 1230. The molecule has 0 radical (unpaired) electrons. The van der Waals surface area contributed by atoms with Crippen molar-refractivity contribution >= 4 is 27.5 Å². The number of hydrogen-bond donors (Lipinski definition) is 2. The molecule has 0 saturated heterocycles. The van der Waals surface area contributed by atoms with Gasteiger partial charge in [-0.25, -0.2) is 8.42 Å². The number of benzene rings is 3. The van der Waals surface area contributed by atoms with Crippen LogP contribution in [0.2, 0.25) is 0 Å². The predicted octanol–water partition coefficient (Wildman–Crippen LogP) is 3.41.